The van der Waals surface area contributed by atoms with Gasteiger partial charge in [0.15, 0.2) is 0 Å². The number of hydrogen-bond donors (Lipinski definition) is 1. The molecule has 2 nitrogen and oxygen atoms in total. The Bertz CT molecular complexity index is 211. The number of nitrogens with zero attached hydrogens (tertiary/aromatic N) is 1. The van der Waals surface area contributed by atoms with E-state index in [-0.39, 0.29) is 0 Å². The molecule has 2 rings (SSSR count). The van der Waals surface area contributed by atoms with Gasteiger partial charge in [-0.1, -0.05) is 26.2 Å². The van der Waals surface area contributed by atoms with Crippen LogP contribution >= 0.6 is 0 Å². The van der Waals surface area contributed by atoms with E-state index in [2.05, 4.69) is 11.8 Å². The lowest BCUT2D eigenvalue weighted by atomic mass is 9.76. The van der Waals surface area contributed by atoms with Gasteiger partial charge in [-0.3, -0.25) is 0 Å². The maximum atomic E-state index is 6.33. The van der Waals surface area contributed by atoms with E-state index in [1.54, 1.807) is 0 Å². The minimum absolute atomic E-state index is 0.477. The normalized spacial score (nSPS) is 36.0. The van der Waals surface area contributed by atoms with Gasteiger partial charge >= 0.3 is 0 Å². The van der Waals surface area contributed by atoms with Gasteiger partial charge < -0.3 is 10.6 Å². The SMILES string of the molecule is CCCC1CCC(N)C(CN2CCCCC2)C1. The summed E-state index contributed by atoms with van der Waals surface area (Å²) in [5, 5.41) is 0. The summed E-state index contributed by atoms with van der Waals surface area (Å²) < 4.78 is 0. The van der Waals surface area contributed by atoms with Crippen LogP contribution in [0.5, 0.6) is 0 Å². The van der Waals surface area contributed by atoms with Crippen molar-refractivity contribution in [2.24, 2.45) is 17.6 Å². The molecule has 0 spiro atoms. The van der Waals surface area contributed by atoms with Gasteiger partial charge in [0.05, 0.1) is 0 Å². The standard InChI is InChI=1S/C15H30N2/c1-2-6-13-7-8-15(16)14(11-13)12-17-9-4-3-5-10-17/h13-15H,2-12,16H2,1H3. The summed E-state index contributed by atoms with van der Waals surface area (Å²) in [5.74, 6) is 1.74. The molecule has 1 aliphatic heterocycles. The molecule has 1 aliphatic carbocycles. The molecule has 17 heavy (non-hydrogen) atoms. The summed E-state index contributed by atoms with van der Waals surface area (Å²) in [6.07, 6.45) is 11.0. The molecule has 0 aromatic heterocycles. The van der Waals surface area contributed by atoms with Crippen LogP contribution < -0.4 is 5.73 Å². The van der Waals surface area contributed by atoms with E-state index in [0.29, 0.717) is 6.04 Å². The van der Waals surface area contributed by atoms with Crippen molar-refractivity contribution < 1.29 is 0 Å². The van der Waals surface area contributed by atoms with Gasteiger partial charge in [-0.25, -0.2) is 0 Å². The van der Waals surface area contributed by atoms with Crippen molar-refractivity contribution >= 4 is 0 Å². The molecule has 3 unspecified atom stereocenters. The van der Waals surface area contributed by atoms with Crippen LogP contribution in [0.4, 0.5) is 0 Å². The summed E-state index contributed by atoms with van der Waals surface area (Å²) in [6, 6.07) is 0.477. The second kappa shape index (κ2) is 6.75. The van der Waals surface area contributed by atoms with Crippen molar-refractivity contribution in [1.82, 2.24) is 4.90 Å². The Hall–Kier alpha value is -0.0800. The average Bonchev–Trinajstić information content (AvgIpc) is 2.35. The van der Waals surface area contributed by atoms with Gasteiger partial charge in [0.25, 0.3) is 0 Å². The Balaban J connectivity index is 1.80. The van der Waals surface area contributed by atoms with Crippen molar-refractivity contribution in [3.8, 4) is 0 Å². The van der Waals surface area contributed by atoms with Crippen LogP contribution in [0.25, 0.3) is 0 Å². The minimum atomic E-state index is 0.477. The van der Waals surface area contributed by atoms with Gasteiger partial charge in [-0.15, -0.1) is 0 Å². The predicted molar refractivity (Wildman–Crippen MR) is 74.0 cm³/mol. The zero-order valence-corrected chi connectivity index (χ0v) is 11.5. The van der Waals surface area contributed by atoms with Crippen LogP contribution in [0, 0.1) is 11.8 Å². The third kappa shape index (κ3) is 3.96. The average molecular weight is 238 g/mol. The molecular weight excluding hydrogens is 208 g/mol. The van der Waals surface area contributed by atoms with Crippen LogP contribution in [0.3, 0.4) is 0 Å². The fraction of sp³-hybridized carbons (Fsp3) is 1.00. The Morgan fingerprint density at radius 3 is 2.59 bits per heavy atom. The first kappa shape index (κ1) is 13.4. The number of likely N-dealkylation sites (tertiary alicyclic amines) is 1. The van der Waals surface area contributed by atoms with Crippen molar-refractivity contribution in [2.45, 2.75) is 64.3 Å². The molecule has 100 valence electrons. The lowest BCUT2D eigenvalue weighted by molar-refractivity contribution is 0.136. The zero-order valence-electron chi connectivity index (χ0n) is 11.5. The Morgan fingerprint density at radius 2 is 1.88 bits per heavy atom. The molecule has 1 saturated heterocycles. The quantitative estimate of drug-likeness (QED) is 0.816. The van der Waals surface area contributed by atoms with E-state index in [4.69, 9.17) is 5.73 Å². The van der Waals surface area contributed by atoms with Crippen molar-refractivity contribution in [3.63, 3.8) is 0 Å². The maximum absolute atomic E-state index is 6.33. The lowest BCUT2D eigenvalue weighted by Crippen LogP contribution is -2.44. The van der Waals surface area contributed by atoms with Crippen LogP contribution in [-0.4, -0.2) is 30.6 Å². The van der Waals surface area contributed by atoms with Crippen LogP contribution in [-0.2, 0) is 0 Å². The second-order valence-corrected chi connectivity index (χ2v) is 6.25. The topological polar surface area (TPSA) is 29.3 Å². The fourth-order valence-corrected chi connectivity index (χ4v) is 3.74. The lowest BCUT2D eigenvalue weighted by Gasteiger charge is -2.38. The number of hydrogen-bond acceptors (Lipinski definition) is 2. The van der Waals surface area contributed by atoms with E-state index >= 15 is 0 Å². The highest BCUT2D eigenvalue weighted by Crippen LogP contribution is 2.32. The third-order valence-electron chi connectivity index (χ3n) is 4.79. The van der Waals surface area contributed by atoms with E-state index in [1.165, 1.54) is 71.0 Å². The fourth-order valence-electron chi connectivity index (χ4n) is 3.74. The van der Waals surface area contributed by atoms with E-state index in [1.807, 2.05) is 0 Å². The Labute approximate surface area is 107 Å². The molecule has 2 heteroatoms. The van der Waals surface area contributed by atoms with Crippen LogP contribution in [0.2, 0.25) is 0 Å². The second-order valence-electron chi connectivity index (χ2n) is 6.25. The highest BCUT2D eigenvalue weighted by Gasteiger charge is 2.29. The first-order valence-electron chi connectivity index (χ1n) is 7.77. The molecule has 2 fully saturated rings. The van der Waals surface area contributed by atoms with Gasteiger partial charge in [-0.05, 0) is 57.0 Å². The molecule has 0 aromatic rings. The third-order valence-corrected chi connectivity index (χ3v) is 4.79. The molecule has 0 aromatic carbocycles. The summed E-state index contributed by atoms with van der Waals surface area (Å²) >= 11 is 0. The Kier molecular flexibility index (Phi) is 5.30. The molecule has 1 saturated carbocycles. The van der Waals surface area contributed by atoms with Gasteiger partial charge in [0.1, 0.15) is 0 Å². The molecule has 3 atom stereocenters. The van der Waals surface area contributed by atoms with Crippen molar-refractivity contribution in [3.05, 3.63) is 0 Å². The predicted octanol–water partition coefficient (Wildman–Crippen LogP) is 3.02. The van der Waals surface area contributed by atoms with Crippen LogP contribution in [0.15, 0.2) is 0 Å². The number of nitrogens with two attached hydrogens (primary N) is 1. The highest BCUT2D eigenvalue weighted by atomic mass is 15.1. The summed E-state index contributed by atoms with van der Waals surface area (Å²) in [7, 11) is 0. The number of rotatable bonds is 4. The summed E-state index contributed by atoms with van der Waals surface area (Å²) in [5.41, 5.74) is 6.33. The monoisotopic (exact) mass is 238 g/mol. The van der Waals surface area contributed by atoms with Crippen LogP contribution in [0.1, 0.15) is 58.3 Å². The van der Waals surface area contributed by atoms with Crippen molar-refractivity contribution in [1.29, 1.82) is 0 Å². The van der Waals surface area contributed by atoms with Gasteiger partial charge in [0, 0.05) is 12.6 Å². The van der Waals surface area contributed by atoms with Gasteiger partial charge in [0.2, 0.25) is 0 Å². The highest BCUT2D eigenvalue weighted by molar-refractivity contribution is 4.85. The maximum Gasteiger partial charge on any atom is 0.00795 e. The first-order valence-corrected chi connectivity index (χ1v) is 7.77. The summed E-state index contributed by atoms with van der Waals surface area (Å²) in [4.78, 5) is 2.67. The minimum Gasteiger partial charge on any atom is -0.327 e. The number of piperidine rings is 1. The molecule has 2 N–H and O–H groups in total. The molecule has 0 bridgehead atoms. The van der Waals surface area contributed by atoms with E-state index < -0.39 is 0 Å². The van der Waals surface area contributed by atoms with E-state index in [9.17, 15) is 0 Å². The zero-order chi connectivity index (χ0) is 12.1. The molecular formula is C15H30N2. The van der Waals surface area contributed by atoms with Gasteiger partial charge in [-0.2, -0.15) is 0 Å². The largest absolute Gasteiger partial charge is 0.327 e. The van der Waals surface area contributed by atoms with E-state index in [0.717, 1.165) is 11.8 Å². The Morgan fingerprint density at radius 1 is 1.12 bits per heavy atom. The molecule has 2 aliphatic rings. The molecule has 1 heterocycles. The summed E-state index contributed by atoms with van der Waals surface area (Å²) in [6.45, 7) is 6.24. The smallest absolute Gasteiger partial charge is 0.00795 e. The molecule has 0 radical (unpaired) electrons. The van der Waals surface area contributed by atoms with Crippen molar-refractivity contribution in [2.75, 3.05) is 19.6 Å². The first-order chi connectivity index (χ1) is 8.29. The molecule has 0 amide bonds.